The second-order valence-electron chi connectivity index (χ2n) is 16.3. The molecule has 0 atom stereocenters. The van der Waals surface area contributed by atoms with E-state index >= 15 is 0 Å². The van der Waals surface area contributed by atoms with Crippen LogP contribution in [0, 0.1) is 0 Å². The summed E-state index contributed by atoms with van der Waals surface area (Å²) < 4.78 is 0. The van der Waals surface area contributed by atoms with Crippen LogP contribution in [0.15, 0.2) is 255 Å². The van der Waals surface area contributed by atoms with Gasteiger partial charge < -0.3 is 29.0 Å². The zero-order chi connectivity index (χ0) is 42.4. The molecule has 302 valence electrons. The molecule has 8 aromatic carbocycles. The van der Waals surface area contributed by atoms with Gasteiger partial charge in [-0.05, 0) is 145 Å². The highest BCUT2D eigenvalue weighted by Crippen LogP contribution is 2.49. The Labute approximate surface area is 375 Å². The maximum absolute atomic E-state index is 2.41. The Balaban J connectivity index is 0.867. The van der Waals surface area contributed by atoms with Gasteiger partial charge in [0.2, 0.25) is 0 Å². The van der Waals surface area contributed by atoms with Gasteiger partial charge in [-0.2, -0.15) is 0 Å². The number of fused-ring (bicyclic) bond motifs is 6. The zero-order valence-electron chi connectivity index (χ0n) is 35.1. The average Bonchev–Trinajstić information content (AvgIpc) is 3.88. The van der Waals surface area contributed by atoms with Crippen LogP contribution >= 0.6 is 0 Å². The van der Waals surface area contributed by atoms with Crippen molar-refractivity contribution in [1.29, 1.82) is 0 Å². The second kappa shape index (κ2) is 15.8. The van der Waals surface area contributed by atoms with Crippen LogP contribution < -0.4 is 29.0 Å². The number of hydrogen-bond acceptors (Lipinski definition) is 6. The summed E-state index contributed by atoms with van der Waals surface area (Å²) in [6.45, 7) is 0.148. The molecular weight excluding hydrogens is 778 g/mol. The Hall–Kier alpha value is -8.35. The van der Waals surface area contributed by atoms with Crippen LogP contribution in [0.3, 0.4) is 0 Å². The third-order valence-electron chi connectivity index (χ3n) is 12.6. The first kappa shape index (κ1) is 37.4. The number of allylic oxidation sites excluding steroid dienone is 4. The minimum absolute atomic E-state index is 0.0740. The maximum atomic E-state index is 2.41. The first-order chi connectivity index (χ1) is 31.8. The summed E-state index contributed by atoms with van der Waals surface area (Å²) in [6.07, 6.45) is 12.9. The van der Waals surface area contributed by atoms with Crippen molar-refractivity contribution in [1.82, 2.24) is 0 Å². The summed E-state index contributed by atoms with van der Waals surface area (Å²) in [6, 6.07) is 74.2. The van der Waals surface area contributed by atoms with Crippen LogP contribution in [0.1, 0.15) is 0 Å². The minimum Gasteiger partial charge on any atom is -0.366 e. The Bertz CT molecular complexity index is 2870. The Morgan fingerprint density at radius 2 is 0.641 bits per heavy atom. The van der Waals surface area contributed by atoms with E-state index in [0.29, 0.717) is 0 Å². The first-order valence-corrected chi connectivity index (χ1v) is 21.9. The monoisotopic (exact) mass is 820 g/mol. The molecule has 8 heteroatoms. The molecule has 0 unspecified atom stereocenters. The van der Waals surface area contributed by atoms with E-state index in [1.165, 1.54) is 34.1 Å². The lowest BCUT2D eigenvalue weighted by Crippen LogP contribution is -2.42. The van der Waals surface area contributed by atoms with E-state index in [2.05, 4.69) is 284 Å². The topological polar surface area (TPSA) is 19.4 Å². The number of para-hydroxylation sites is 4. The van der Waals surface area contributed by atoms with E-state index in [1.54, 1.807) is 0 Å². The first-order valence-electron chi connectivity index (χ1n) is 21.9. The lowest BCUT2D eigenvalue weighted by atomic mass is 9.71. The molecule has 0 saturated heterocycles. The molecule has 6 nitrogen and oxygen atoms in total. The molecule has 0 aliphatic carbocycles. The molecule has 0 saturated carbocycles. The normalized spacial score (nSPS) is 14.1. The van der Waals surface area contributed by atoms with E-state index in [-0.39, 0.29) is 14.0 Å². The molecule has 4 aliphatic heterocycles. The quantitative estimate of drug-likeness (QED) is 0.134. The predicted molar refractivity (Wildman–Crippen MR) is 271 cm³/mol. The van der Waals surface area contributed by atoms with Gasteiger partial charge in [0.05, 0.1) is 22.7 Å². The van der Waals surface area contributed by atoms with Crippen molar-refractivity contribution in [3.8, 4) is 11.1 Å². The molecule has 4 aliphatic rings. The Morgan fingerprint density at radius 3 is 1.03 bits per heavy atom. The molecule has 12 rings (SSSR count). The second-order valence-corrected chi connectivity index (χ2v) is 16.3. The van der Waals surface area contributed by atoms with Gasteiger partial charge >= 0.3 is 14.0 Å². The molecular formula is C56H42B2N6. The molecule has 4 heterocycles. The van der Waals surface area contributed by atoms with Gasteiger partial charge in [-0.25, -0.2) is 0 Å². The van der Waals surface area contributed by atoms with Gasteiger partial charge in [-0.15, -0.1) is 0 Å². The fourth-order valence-corrected chi connectivity index (χ4v) is 9.66. The maximum Gasteiger partial charge on any atom is 0.412 e. The molecule has 0 amide bonds. The highest BCUT2D eigenvalue weighted by Gasteiger charge is 2.41. The van der Waals surface area contributed by atoms with E-state index < -0.39 is 0 Å². The van der Waals surface area contributed by atoms with E-state index in [4.69, 9.17) is 0 Å². The van der Waals surface area contributed by atoms with Gasteiger partial charge in [0, 0.05) is 45.5 Å². The Kier molecular flexibility index (Phi) is 9.26. The van der Waals surface area contributed by atoms with Gasteiger partial charge in [0.1, 0.15) is 0 Å². The van der Waals surface area contributed by atoms with Crippen molar-refractivity contribution in [3.63, 3.8) is 0 Å². The van der Waals surface area contributed by atoms with Crippen LogP contribution in [-0.4, -0.2) is 14.0 Å². The van der Waals surface area contributed by atoms with E-state index in [0.717, 1.165) is 45.3 Å². The lowest BCUT2D eigenvalue weighted by molar-refractivity contribution is 1.27. The lowest BCUT2D eigenvalue weighted by Gasteiger charge is -2.27. The molecule has 0 spiro atoms. The van der Waals surface area contributed by atoms with E-state index in [1.807, 2.05) is 0 Å². The van der Waals surface area contributed by atoms with Gasteiger partial charge in [0.15, 0.2) is 0 Å². The van der Waals surface area contributed by atoms with Crippen LogP contribution in [0.4, 0.5) is 68.2 Å². The van der Waals surface area contributed by atoms with Crippen molar-refractivity contribution >= 4 is 82.2 Å². The van der Waals surface area contributed by atoms with E-state index in [9.17, 15) is 0 Å². The fourth-order valence-electron chi connectivity index (χ4n) is 9.66. The molecule has 0 fully saturated rings. The van der Waals surface area contributed by atoms with Crippen molar-refractivity contribution in [2.45, 2.75) is 0 Å². The summed E-state index contributed by atoms with van der Waals surface area (Å²) in [5, 5.41) is 0. The fraction of sp³-hybridized carbons (Fsp3) is 0. The number of benzene rings is 8. The third-order valence-corrected chi connectivity index (χ3v) is 12.6. The molecule has 0 bridgehead atoms. The van der Waals surface area contributed by atoms with Gasteiger partial charge in [-0.1, -0.05) is 121 Å². The Morgan fingerprint density at radius 1 is 0.297 bits per heavy atom. The minimum atomic E-state index is 0.0740. The summed E-state index contributed by atoms with van der Waals surface area (Å²) in [4.78, 5) is 14.3. The largest absolute Gasteiger partial charge is 0.412 e. The van der Waals surface area contributed by atoms with Gasteiger partial charge in [0.25, 0.3) is 0 Å². The number of hydrogen-bond donors (Lipinski definition) is 0. The highest BCUT2D eigenvalue weighted by molar-refractivity contribution is 6.77. The summed E-state index contributed by atoms with van der Waals surface area (Å²) in [5.74, 6) is 4.52. The zero-order valence-corrected chi connectivity index (χ0v) is 35.1. The predicted octanol–water partition coefficient (Wildman–Crippen LogP) is 14.4. The molecule has 0 radical (unpaired) electrons. The van der Waals surface area contributed by atoms with Crippen molar-refractivity contribution < 1.29 is 0 Å². The molecule has 0 aromatic heterocycles. The smallest absolute Gasteiger partial charge is 0.366 e. The van der Waals surface area contributed by atoms with Gasteiger partial charge in [-0.3, -0.25) is 0 Å². The summed E-state index contributed by atoms with van der Waals surface area (Å²) >= 11 is 0. The third kappa shape index (κ3) is 6.47. The summed E-state index contributed by atoms with van der Waals surface area (Å²) in [7, 11) is 0. The average molecular weight is 821 g/mol. The summed E-state index contributed by atoms with van der Waals surface area (Å²) in [5.41, 5.74) is 16.0. The number of anilines is 12. The van der Waals surface area contributed by atoms with Crippen LogP contribution in [0.2, 0.25) is 0 Å². The molecule has 0 N–H and O–H groups in total. The highest BCUT2D eigenvalue weighted by atomic mass is 15.3. The van der Waals surface area contributed by atoms with Crippen molar-refractivity contribution in [2.75, 3.05) is 29.0 Å². The molecule has 8 aromatic rings. The SMILES string of the molecule is C1=CB2N(C=C1)c1cc(N(c3ccccc3)c3ccc(-c4ccc(N(c5ccccc5)c5ccc6c(c5)N5C=CC=CB5N6c5ccccc5)cc4)cc3)ccc1N2c1ccccc1. The van der Waals surface area contributed by atoms with Crippen molar-refractivity contribution in [3.05, 3.63) is 255 Å². The number of nitrogens with zero attached hydrogens (tertiary/aromatic N) is 6. The van der Waals surface area contributed by atoms with Crippen LogP contribution in [0.5, 0.6) is 0 Å². The van der Waals surface area contributed by atoms with Crippen LogP contribution in [0.25, 0.3) is 11.1 Å². The molecule has 64 heavy (non-hydrogen) atoms. The number of rotatable bonds is 9. The van der Waals surface area contributed by atoms with Crippen molar-refractivity contribution in [2.24, 2.45) is 0 Å². The van der Waals surface area contributed by atoms with Crippen LogP contribution in [-0.2, 0) is 0 Å². The standard InChI is InChI=1S/C56H42B2N6/c1-5-17-45(18-6-1)61(51-33-35-53-55(41-51)59-39-15-13-37-57(59)63(53)49-21-9-3-10-22-49)47-29-25-43(26-30-47)44-27-31-48(32-28-44)62(46-19-7-2-8-20-46)52-34-36-54-56(42-52)60-40-16-14-38-58(60)64(54)50-23-11-4-12-24-50/h1-42H.